The number of carboxylic acid groups (broad SMARTS) is 1. The van der Waals surface area contributed by atoms with Crippen LogP contribution in [0.1, 0.15) is 39.5 Å². The molecule has 1 N–H and O–H groups in total. The normalized spacial score (nSPS) is 21.5. The number of halogens is 5. The van der Waals surface area contributed by atoms with Crippen LogP contribution in [0.5, 0.6) is 5.75 Å². The van der Waals surface area contributed by atoms with E-state index >= 15 is 0 Å². The van der Waals surface area contributed by atoms with Crippen molar-refractivity contribution in [3.05, 3.63) is 42.2 Å². The fraction of sp³-hybridized carbons (Fsp3) is 0.519. The Bertz CT molecular complexity index is 1380. The number of thioether (sulfide) groups is 1. The highest BCUT2D eigenvalue weighted by atomic mass is 32.2. The third kappa shape index (κ3) is 7.26. The second-order valence-electron chi connectivity index (χ2n) is 10.7. The van der Waals surface area contributed by atoms with Crippen LogP contribution in [0.4, 0.5) is 33.3 Å². The van der Waals surface area contributed by atoms with Crippen LogP contribution in [-0.4, -0.2) is 67.1 Å². The van der Waals surface area contributed by atoms with Gasteiger partial charge in [0.15, 0.2) is 0 Å². The second kappa shape index (κ2) is 11.6. The number of carbonyl (C=O) groups is 1. The molecule has 2 aromatic rings. The minimum atomic E-state index is -4.31. The zero-order valence-corrected chi connectivity index (χ0v) is 24.3. The minimum Gasteiger partial charge on any atom is -0.491 e. The number of hydrogen-bond acceptors (Lipinski definition) is 6. The average Bonchev–Trinajstić information content (AvgIpc) is 2.93. The highest BCUT2D eigenvalue weighted by molar-refractivity contribution is 8.00. The minimum absolute atomic E-state index is 0.00615. The number of likely N-dealkylation sites (N-methyl/N-ethyl adjacent to an activating group) is 1. The topological polar surface area (TPSA) is 87.2 Å². The third-order valence-electron chi connectivity index (χ3n) is 7.19. The van der Waals surface area contributed by atoms with E-state index in [4.69, 9.17) is 4.74 Å². The lowest BCUT2D eigenvalue weighted by atomic mass is 9.94. The number of anilines is 2. The highest BCUT2D eigenvalue weighted by Crippen LogP contribution is 2.51. The number of hydrogen-bond donors (Lipinski definition) is 1. The quantitative estimate of drug-likeness (QED) is 0.307. The molecule has 1 fully saturated rings. The summed E-state index contributed by atoms with van der Waals surface area (Å²) >= 11 is 1.07. The molecular weight excluding hydrogens is 591 g/mol. The van der Waals surface area contributed by atoms with Gasteiger partial charge in [0.2, 0.25) is 21.9 Å². The lowest BCUT2D eigenvalue weighted by Crippen LogP contribution is -2.41. The van der Waals surface area contributed by atoms with Gasteiger partial charge in [0, 0.05) is 55.9 Å². The maximum Gasteiger partial charge on any atom is 0.309 e. The molecule has 1 aliphatic heterocycles. The van der Waals surface area contributed by atoms with E-state index in [9.17, 15) is 40.3 Å². The zero-order chi connectivity index (χ0) is 30.3. The molecule has 226 valence electrons. The maximum atomic E-state index is 13.9. The van der Waals surface area contributed by atoms with Crippen molar-refractivity contribution in [3.8, 4) is 5.75 Å². The summed E-state index contributed by atoms with van der Waals surface area (Å²) in [5.41, 5.74) is 0.534. The predicted octanol–water partition coefficient (Wildman–Crippen LogP) is 6.39. The fourth-order valence-corrected chi connectivity index (χ4v) is 7.63. The Balaban J connectivity index is 1.85. The summed E-state index contributed by atoms with van der Waals surface area (Å²) in [7, 11) is -3.02. The molecule has 0 radical (unpaired) electrons. The molecule has 2 atom stereocenters. The SMILES string of the molecule is C[C@H](COc1cc2c(cc1SC1CC(F)(F)C1)N(c1ccc(F)cc1)C[C@H](CCC(C)(F)F)N(C)S2(=O)=O)C(=O)O. The molecule has 2 aliphatic rings. The van der Waals surface area contributed by atoms with Crippen molar-refractivity contribution in [2.75, 3.05) is 25.1 Å². The van der Waals surface area contributed by atoms with Gasteiger partial charge in [-0.1, -0.05) is 0 Å². The van der Waals surface area contributed by atoms with E-state index in [-0.39, 0.29) is 35.9 Å². The van der Waals surface area contributed by atoms with E-state index in [2.05, 4.69) is 0 Å². The zero-order valence-electron chi connectivity index (χ0n) is 22.6. The summed E-state index contributed by atoms with van der Waals surface area (Å²) in [6.45, 7) is 1.79. The Labute approximate surface area is 239 Å². The van der Waals surface area contributed by atoms with Crippen molar-refractivity contribution in [3.63, 3.8) is 0 Å². The van der Waals surface area contributed by atoms with Crippen molar-refractivity contribution in [1.29, 1.82) is 0 Å². The number of alkyl halides is 4. The maximum absolute atomic E-state index is 13.9. The lowest BCUT2D eigenvalue weighted by molar-refractivity contribution is -0.142. The van der Waals surface area contributed by atoms with Gasteiger partial charge in [0.05, 0.1) is 16.5 Å². The second-order valence-corrected chi connectivity index (χ2v) is 14.0. The van der Waals surface area contributed by atoms with Crippen molar-refractivity contribution in [1.82, 2.24) is 4.31 Å². The van der Waals surface area contributed by atoms with Crippen LogP contribution in [0.15, 0.2) is 46.2 Å². The van der Waals surface area contributed by atoms with Gasteiger partial charge < -0.3 is 14.7 Å². The van der Waals surface area contributed by atoms with Crippen LogP contribution in [0, 0.1) is 11.7 Å². The standard InChI is InChI=1S/C27H31F5N2O5S2/c1-16(25(35)36)15-39-22-11-24-21(10-23(22)40-20-12-27(31,32)13-20)34(18-6-4-17(28)5-7-18)14-19(8-9-26(2,29)30)33(3)41(24,37)38/h4-7,10-11,16,19-20H,8-9,12-15H2,1-3H3,(H,35,36)/t16-,19+/m1/s1. The van der Waals surface area contributed by atoms with Crippen molar-refractivity contribution < 1.29 is 45.0 Å². The number of fused-ring (bicyclic) bond motifs is 1. The number of carboxylic acids is 1. The average molecular weight is 623 g/mol. The van der Waals surface area contributed by atoms with Gasteiger partial charge in [-0.25, -0.2) is 30.4 Å². The number of ether oxygens (including phenoxy) is 1. The van der Waals surface area contributed by atoms with Crippen LogP contribution in [0.25, 0.3) is 0 Å². The molecule has 4 rings (SSSR count). The van der Waals surface area contributed by atoms with Crippen molar-refractivity contribution in [2.45, 2.75) is 72.5 Å². The first-order valence-electron chi connectivity index (χ1n) is 12.9. The molecule has 1 heterocycles. The van der Waals surface area contributed by atoms with Gasteiger partial charge in [0.1, 0.15) is 23.1 Å². The number of nitrogens with zero attached hydrogens (tertiary/aromatic N) is 2. The fourth-order valence-electron chi connectivity index (χ4n) is 4.64. The summed E-state index contributed by atoms with van der Waals surface area (Å²) in [4.78, 5) is 13.0. The highest BCUT2D eigenvalue weighted by Gasteiger charge is 2.46. The van der Waals surface area contributed by atoms with Crippen molar-refractivity contribution in [2.24, 2.45) is 5.92 Å². The number of rotatable bonds is 10. The van der Waals surface area contributed by atoms with Crippen LogP contribution in [-0.2, 0) is 14.8 Å². The molecule has 41 heavy (non-hydrogen) atoms. The first-order valence-corrected chi connectivity index (χ1v) is 15.3. The van der Waals surface area contributed by atoms with Crippen LogP contribution in [0.2, 0.25) is 0 Å². The van der Waals surface area contributed by atoms with Gasteiger partial charge in [-0.15, -0.1) is 11.8 Å². The van der Waals surface area contributed by atoms with Gasteiger partial charge >= 0.3 is 5.97 Å². The molecule has 14 heteroatoms. The molecule has 0 spiro atoms. The van der Waals surface area contributed by atoms with Gasteiger partial charge in [-0.3, -0.25) is 4.79 Å². The summed E-state index contributed by atoms with van der Waals surface area (Å²) in [5, 5.41) is 8.79. The van der Waals surface area contributed by atoms with Gasteiger partial charge in [-0.2, -0.15) is 4.31 Å². The Morgan fingerprint density at radius 2 is 1.85 bits per heavy atom. The Morgan fingerprint density at radius 1 is 1.22 bits per heavy atom. The molecule has 1 saturated carbocycles. The van der Waals surface area contributed by atoms with Gasteiger partial charge in [-0.05, 0) is 50.6 Å². The Hall–Kier alpha value is -2.58. The molecule has 7 nitrogen and oxygen atoms in total. The van der Waals surface area contributed by atoms with Crippen LogP contribution < -0.4 is 9.64 Å². The number of aliphatic carboxylic acids is 1. The van der Waals surface area contributed by atoms with E-state index in [1.807, 2.05) is 0 Å². The summed E-state index contributed by atoms with van der Waals surface area (Å²) in [6, 6.07) is 7.03. The van der Waals surface area contributed by atoms with Gasteiger partial charge in [0.25, 0.3) is 0 Å². The molecule has 0 saturated heterocycles. The molecular formula is C27H31F5N2O5S2. The summed E-state index contributed by atoms with van der Waals surface area (Å²) in [5.74, 6) is -8.47. The molecule has 0 bridgehead atoms. The van der Waals surface area contributed by atoms with E-state index in [1.165, 1.54) is 50.4 Å². The predicted molar refractivity (Wildman–Crippen MR) is 145 cm³/mol. The van der Waals surface area contributed by atoms with E-state index in [1.54, 1.807) is 4.90 Å². The lowest BCUT2D eigenvalue weighted by Gasteiger charge is -2.35. The number of sulfonamides is 1. The Kier molecular flexibility index (Phi) is 8.87. The van der Waals surface area contributed by atoms with E-state index < -0.39 is 70.1 Å². The summed E-state index contributed by atoms with van der Waals surface area (Å²) < 4.78 is 103. The van der Waals surface area contributed by atoms with Crippen molar-refractivity contribution >= 4 is 39.1 Å². The molecule has 0 amide bonds. The number of benzene rings is 2. The van der Waals surface area contributed by atoms with E-state index in [0.717, 1.165) is 23.0 Å². The van der Waals surface area contributed by atoms with E-state index in [0.29, 0.717) is 10.6 Å². The third-order valence-corrected chi connectivity index (χ3v) is 10.4. The molecule has 1 aliphatic carbocycles. The Morgan fingerprint density at radius 3 is 2.41 bits per heavy atom. The largest absolute Gasteiger partial charge is 0.491 e. The summed E-state index contributed by atoms with van der Waals surface area (Å²) in [6.07, 6.45) is -1.54. The molecule has 2 aromatic carbocycles. The smallest absolute Gasteiger partial charge is 0.309 e. The molecule has 0 aromatic heterocycles. The first-order chi connectivity index (χ1) is 19.0. The van der Waals surface area contributed by atoms with Crippen LogP contribution in [0.3, 0.4) is 0 Å². The first kappa shape index (κ1) is 31.4. The van der Waals surface area contributed by atoms with Crippen LogP contribution >= 0.6 is 11.8 Å². The molecule has 0 unspecified atom stereocenters. The monoisotopic (exact) mass is 622 g/mol.